The minimum Gasteiger partial charge on any atom is -0.494 e. The number of rotatable bonds is 3. The number of halogens is 1. The standard InChI is InChI=1S/C10H11BrO2/c1-3-13-10-5-8(7(2)12)4-9(11)6-10/h4-6H,3H2,1-2H3. The van der Waals surface area contributed by atoms with Crippen LogP contribution in [0.5, 0.6) is 5.75 Å². The third-order valence-corrected chi connectivity index (χ3v) is 2.05. The summed E-state index contributed by atoms with van der Waals surface area (Å²) in [5, 5.41) is 0. The minimum absolute atomic E-state index is 0.0438. The average Bonchev–Trinajstić information content (AvgIpc) is 2.03. The van der Waals surface area contributed by atoms with Gasteiger partial charge in [0.15, 0.2) is 5.78 Å². The average molecular weight is 243 g/mol. The van der Waals surface area contributed by atoms with Crippen molar-refractivity contribution in [3.63, 3.8) is 0 Å². The maximum absolute atomic E-state index is 11.1. The van der Waals surface area contributed by atoms with Crippen molar-refractivity contribution in [1.82, 2.24) is 0 Å². The molecule has 0 aliphatic heterocycles. The van der Waals surface area contributed by atoms with Gasteiger partial charge in [0, 0.05) is 10.0 Å². The molecule has 1 aromatic carbocycles. The highest BCUT2D eigenvalue weighted by Crippen LogP contribution is 2.21. The SMILES string of the molecule is CCOc1cc(Br)cc(C(C)=O)c1. The van der Waals surface area contributed by atoms with Crippen LogP contribution in [0.3, 0.4) is 0 Å². The van der Waals surface area contributed by atoms with Crippen molar-refractivity contribution in [1.29, 1.82) is 0 Å². The van der Waals surface area contributed by atoms with Gasteiger partial charge in [-0.25, -0.2) is 0 Å². The second kappa shape index (κ2) is 4.42. The summed E-state index contributed by atoms with van der Waals surface area (Å²) >= 11 is 3.32. The number of hydrogen-bond donors (Lipinski definition) is 0. The number of benzene rings is 1. The van der Waals surface area contributed by atoms with E-state index in [1.807, 2.05) is 13.0 Å². The molecular weight excluding hydrogens is 232 g/mol. The zero-order valence-electron chi connectivity index (χ0n) is 7.63. The highest BCUT2D eigenvalue weighted by Gasteiger charge is 2.03. The Morgan fingerprint density at radius 2 is 2.15 bits per heavy atom. The summed E-state index contributed by atoms with van der Waals surface area (Å²) in [5.41, 5.74) is 0.665. The van der Waals surface area contributed by atoms with Crippen molar-refractivity contribution in [2.45, 2.75) is 13.8 Å². The summed E-state index contributed by atoms with van der Waals surface area (Å²) in [4.78, 5) is 11.1. The van der Waals surface area contributed by atoms with Gasteiger partial charge in [-0.2, -0.15) is 0 Å². The fourth-order valence-corrected chi connectivity index (χ4v) is 1.49. The van der Waals surface area contributed by atoms with Gasteiger partial charge < -0.3 is 4.74 Å². The quantitative estimate of drug-likeness (QED) is 0.762. The van der Waals surface area contributed by atoms with Crippen molar-refractivity contribution in [2.24, 2.45) is 0 Å². The first kappa shape index (κ1) is 10.3. The fourth-order valence-electron chi connectivity index (χ4n) is 1.02. The lowest BCUT2D eigenvalue weighted by molar-refractivity contribution is 0.101. The van der Waals surface area contributed by atoms with Crippen molar-refractivity contribution in [3.05, 3.63) is 28.2 Å². The molecule has 1 rings (SSSR count). The summed E-state index contributed by atoms with van der Waals surface area (Å²) in [6, 6.07) is 5.37. The van der Waals surface area contributed by atoms with Gasteiger partial charge in [-0.3, -0.25) is 4.79 Å². The molecule has 3 heteroatoms. The normalized spacial score (nSPS) is 9.77. The highest BCUT2D eigenvalue weighted by atomic mass is 79.9. The molecule has 0 aliphatic rings. The number of ether oxygens (including phenoxy) is 1. The van der Waals surface area contributed by atoms with E-state index in [9.17, 15) is 4.79 Å². The molecule has 0 amide bonds. The number of carbonyl (C=O) groups is 1. The Labute approximate surface area is 86.0 Å². The van der Waals surface area contributed by atoms with Crippen molar-refractivity contribution >= 4 is 21.7 Å². The van der Waals surface area contributed by atoms with Crippen molar-refractivity contribution in [2.75, 3.05) is 6.61 Å². The molecule has 2 nitrogen and oxygen atoms in total. The molecule has 0 saturated heterocycles. The van der Waals surface area contributed by atoms with Crippen LogP contribution in [0.25, 0.3) is 0 Å². The second-order valence-corrected chi connectivity index (χ2v) is 3.58. The predicted octanol–water partition coefficient (Wildman–Crippen LogP) is 3.05. The van der Waals surface area contributed by atoms with Gasteiger partial charge in [0.25, 0.3) is 0 Å². The molecule has 0 unspecified atom stereocenters. The molecule has 0 atom stereocenters. The maximum Gasteiger partial charge on any atom is 0.159 e. The van der Waals surface area contributed by atoms with Crippen molar-refractivity contribution < 1.29 is 9.53 Å². The maximum atomic E-state index is 11.1. The molecule has 13 heavy (non-hydrogen) atoms. The first-order valence-electron chi connectivity index (χ1n) is 4.08. The van der Waals surface area contributed by atoms with E-state index in [0.29, 0.717) is 12.2 Å². The van der Waals surface area contributed by atoms with Crippen LogP contribution in [0, 0.1) is 0 Å². The van der Waals surface area contributed by atoms with Gasteiger partial charge in [0.1, 0.15) is 5.75 Å². The predicted molar refractivity (Wildman–Crippen MR) is 55.3 cm³/mol. The summed E-state index contributed by atoms with van der Waals surface area (Å²) in [6.45, 7) is 4.06. The Hall–Kier alpha value is -0.830. The van der Waals surface area contributed by atoms with E-state index in [1.54, 1.807) is 12.1 Å². The summed E-state index contributed by atoms with van der Waals surface area (Å²) < 4.78 is 6.16. The molecule has 1 aromatic rings. The van der Waals surface area contributed by atoms with Gasteiger partial charge in [-0.15, -0.1) is 0 Å². The Morgan fingerprint density at radius 3 is 2.69 bits per heavy atom. The Bertz CT molecular complexity index is 321. The molecular formula is C10H11BrO2. The Kier molecular flexibility index (Phi) is 3.48. The third-order valence-electron chi connectivity index (χ3n) is 1.59. The van der Waals surface area contributed by atoms with E-state index in [1.165, 1.54) is 6.92 Å². The minimum atomic E-state index is 0.0438. The van der Waals surface area contributed by atoms with E-state index in [2.05, 4.69) is 15.9 Å². The van der Waals surface area contributed by atoms with Crippen LogP contribution < -0.4 is 4.74 Å². The van der Waals surface area contributed by atoms with Crippen LogP contribution in [-0.2, 0) is 0 Å². The fraction of sp³-hybridized carbons (Fsp3) is 0.300. The number of ketones is 1. The molecule has 0 saturated carbocycles. The van der Waals surface area contributed by atoms with Gasteiger partial charge in [0.05, 0.1) is 6.61 Å². The van der Waals surface area contributed by atoms with Gasteiger partial charge in [0.2, 0.25) is 0 Å². The topological polar surface area (TPSA) is 26.3 Å². The summed E-state index contributed by atoms with van der Waals surface area (Å²) in [7, 11) is 0. The molecule has 0 aliphatic carbocycles. The van der Waals surface area contributed by atoms with E-state index in [4.69, 9.17) is 4.74 Å². The number of carbonyl (C=O) groups excluding carboxylic acids is 1. The van der Waals surface area contributed by atoms with E-state index in [-0.39, 0.29) is 5.78 Å². The van der Waals surface area contributed by atoms with Gasteiger partial charge in [-0.1, -0.05) is 15.9 Å². The zero-order chi connectivity index (χ0) is 9.84. The van der Waals surface area contributed by atoms with E-state index >= 15 is 0 Å². The lowest BCUT2D eigenvalue weighted by Crippen LogP contribution is -1.96. The molecule has 0 N–H and O–H groups in total. The summed E-state index contributed by atoms with van der Waals surface area (Å²) in [6.07, 6.45) is 0. The third kappa shape index (κ3) is 2.84. The first-order valence-corrected chi connectivity index (χ1v) is 4.87. The molecule has 0 radical (unpaired) electrons. The number of Topliss-reactive ketones (excluding diaryl/α,β-unsaturated/α-hetero) is 1. The lowest BCUT2D eigenvalue weighted by atomic mass is 10.1. The van der Waals surface area contributed by atoms with Crippen LogP contribution >= 0.6 is 15.9 Å². The molecule has 0 spiro atoms. The van der Waals surface area contributed by atoms with Crippen LogP contribution in [0.4, 0.5) is 0 Å². The van der Waals surface area contributed by atoms with E-state index < -0.39 is 0 Å². The highest BCUT2D eigenvalue weighted by molar-refractivity contribution is 9.10. The Morgan fingerprint density at radius 1 is 1.46 bits per heavy atom. The second-order valence-electron chi connectivity index (χ2n) is 2.66. The molecule has 0 fully saturated rings. The van der Waals surface area contributed by atoms with Crippen LogP contribution in [-0.4, -0.2) is 12.4 Å². The van der Waals surface area contributed by atoms with Crippen LogP contribution in [0.1, 0.15) is 24.2 Å². The molecule has 70 valence electrons. The zero-order valence-corrected chi connectivity index (χ0v) is 9.22. The monoisotopic (exact) mass is 242 g/mol. The Balaban J connectivity index is 3.03. The van der Waals surface area contributed by atoms with E-state index in [0.717, 1.165) is 10.2 Å². The molecule has 0 heterocycles. The van der Waals surface area contributed by atoms with Gasteiger partial charge in [-0.05, 0) is 32.0 Å². The van der Waals surface area contributed by atoms with Gasteiger partial charge >= 0.3 is 0 Å². The van der Waals surface area contributed by atoms with Crippen LogP contribution in [0.2, 0.25) is 0 Å². The van der Waals surface area contributed by atoms with Crippen molar-refractivity contribution in [3.8, 4) is 5.75 Å². The molecule has 0 aromatic heterocycles. The lowest BCUT2D eigenvalue weighted by Gasteiger charge is -2.05. The smallest absolute Gasteiger partial charge is 0.159 e. The number of hydrogen-bond acceptors (Lipinski definition) is 2. The summed E-state index contributed by atoms with van der Waals surface area (Å²) in [5.74, 6) is 0.768. The van der Waals surface area contributed by atoms with Crippen LogP contribution in [0.15, 0.2) is 22.7 Å². The first-order chi connectivity index (χ1) is 6.13. The largest absolute Gasteiger partial charge is 0.494 e. The molecule has 0 bridgehead atoms.